The van der Waals surface area contributed by atoms with E-state index in [-0.39, 0.29) is 55.6 Å². The molecule has 13 heteroatoms. The van der Waals surface area contributed by atoms with Gasteiger partial charge in [0.05, 0.1) is 55.5 Å². The molecule has 0 saturated carbocycles. The first-order chi connectivity index (χ1) is 17.1. The van der Waals surface area contributed by atoms with Gasteiger partial charge in [-0.3, -0.25) is 9.48 Å². The van der Waals surface area contributed by atoms with Crippen LogP contribution < -0.4 is 10.3 Å². The number of H-pyrrole nitrogens is 1. The maximum Gasteiger partial charge on any atom is 0.277 e. The lowest BCUT2D eigenvalue weighted by molar-refractivity contribution is -0.884. The number of aliphatic hydroxyl groups excluding tert-OH is 1. The van der Waals surface area contributed by atoms with Gasteiger partial charge in [-0.15, -0.1) is 0 Å². The second-order valence-electron chi connectivity index (χ2n) is 8.88. The van der Waals surface area contributed by atoms with E-state index in [0.29, 0.717) is 41.1 Å². The highest BCUT2D eigenvalue weighted by molar-refractivity contribution is 7.89. The summed E-state index contributed by atoms with van der Waals surface area (Å²) in [7, 11) is -2.24. The number of fused-ring (bicyclic) bond motifs is 1. The molecule has 12 nitrogen and oxygen atoms in total. The Labute approximate surface area is 209 Å². The fourth-order valence-electron chi connectivity index (χ4n) is 4.52. The van der Waals surface area contributed by atoms with Crippen LogP contribution in [0.3, 0.4) is 0 Å². The number of aliphatic hydroxyl groups is 1. The quantitative estimate of drug-likeness (QED) is 0.313. The van der Waals surface area contributed by atoms with Crippen molar-refractivity contribution in [2.45, 2.75) is 31.6 Å². The molecule has 1 fully saturated rings. The molecule has 0 aliphatic carbocycles. The number of aromatic nitrogens is 4. The first kappa shape index (κ1) is 26.2. The van der Waals surface area contributed by atoms with Crippen LogP contribution in [-0.2, 0) is 23.5 Å². The zero-order chi connectivity index (χ0) is 26.1. The molecular weight excluding hydrogens is 488 g/mol. The molecule has 2 N–H and O–H groups in total. The van der Waals surface area contributed by atoms with Gasteiger partial charge in [0.15, 0.2) is 5.52 Å². The maximum absolute atomic E-state index is 13.5. The molecule has 3 aromatic rings. The number of aryl methyl sites for hydroxylation is 2. The zero-order valence-electron chi connectivity index (χ0n) is 20.7. The van der Waals surface area contributed by atoms with E-state index >= 15 is 0 Å². The third-order valence-corrected chi connectivity index (χ3v) is 8.31. The third-order valence-electron chi connectivity index (χ3n) is 6.41. The van der Waals surface area contributed by atoms with E-state index in [1.807, 2.05) is 13.8 Å². The number of hydrogen-bond donors (Lipinski definition) is 2. The molecule has 1 saturated heterocycles. The SMILES string of the molecule is CCCc1nn(C)c2c(=O)[nH]c(-c3cc(S(=O)(=O)N4CC[N+]([O-])(CCO)CC4)ccc3OCC)nc12. The number of sulfonamides is 1. The van der Waals surface area contributed by atoms with Crippen LogP contribution in [0.4, 0.5) is 0 Å². The summed E-state index contributed by atoms with van der Waals surface area (Å²) in [4.78, 5) is 20.4. The molecule has 2 aromatic heterocycles. The highest BCUT2D eigenvalue weighted by Gasteiger charge is 2.33. The van der Waals surface area contributed by atoms with Crippen molar-refractivity contribution in [3.8, 4) is 17.1 Å². The molecule has 0 spiro atoms. The van der Waals surface area contributed by atoms with E-state index in [9.17, 15) is 18.4 Å². The van der Waals surface area contributed by atoms with Gasteiger partial charge >= 0.3 is 0 Å². The number of nitrogens with one attached hydrogen (secondary N) is 1. The van der Waals surface area contributed by atoms with Crippen LogP contribution in [0.15, 0.2) is 27.9 Å². The topological polar surface area (TPSA) is 153 Å². The molecule has 1 aliphatic rings. The van der Waals surface area contributed by atoms with Crippen molar-refractivity contribution in [1.29, 1.82) is 0 Å². The number of nitrogens with zero attached hydrogens (tertiary/aromatic N) is 5. The second kappa shape index (κ2) is 10.3. The average Bonchev–Trinajstić information content (AvgIpc) is 3.15. The summed E-state index contributed by atoms with van der Waals surface area (Å²) in [5.41, 5.74) is 1.47. The van der Waals surface area contributed by atoms with Crippen LogP contribution in [0, 0.1) is 5.21 Å². The first-order valence-electron chi connectivity index (χ1n) is 12.0. The van der Waals surface area contributed by atoms with E-state index in [1.165, 1.54) is 21.1 Å². The van der Waals surface area contributed by atoms with Crippen molar-refractivity contribution in [3.63, 3.8) is 0 Å². The molecule has 0 unspecified atom stereocenters. The number of quaternary nitrogens is 1. The summed E-state index contributed by atoms with van der Waals surface area (Å²) in [6, 6.07) is 4.45. The predicted octanol–water partition coefficient (Wildman–Crippen LogP) is 0.986. The largest absolute Gasteiger partial charge is 0.633 e. The van der Waals surface area contributed by atoms with E-state index < -0.39 is 14.7 Å². The number of hydrogen-bond acceptors (Lipinski definition) is 8. The van der Waals surface area contributed by atoms with E-state index in [2.05, 4.69) is 15.1 Å². The Bertz CT molecular complexity index is 1410. The van der Waals surface area contributed by atoms with Gasteiger partial charge < -0.3 is 24.7 Å². The fraction of sp³-hybridized carbons (Fsp3) is 0.522. The van der Waals surface area contributed by atoms with Crippen molar-refractivity contribution in [2.24, 2.45) is 7.05 Å². The van der Waals surface area contributed by atoms with Gasteiger partial charge in [-0.1, -0.05) is 13.3 Å². The minimum Gasteiger partial charge on any atom is -0.633 e. The second-order valence-corrected chi connectivity index (χ2v) is 10.8. The molecule has 1 aromatic carbocycles. The Morgan fingerprint density at radius 2 is 1.97 bits per heavy atom. The summed E-state index contributed by atoms with van der Waals surface area (Å²) in [6.45, 7) is 4.17. The van der Waals surface area contributed by atoms with Crippen LogP contribution >= 0.6 is 0 Å². The van der Waals surface area contributed by atoms with Gasteiger partial charge in [-0.2, -0.15) is 9.40 Å². The van der Waals surface area contributed by atoms with E-state index in [4.69, 9.17) is 9.84 Å². The lowest BCUT2D eigenvalue weighted by atomic mass is 10.1. The number of aromatic amines is 1. The number of hydroxylamine groups is 3. The molecule has 0 amide bonds. The molecule has 1 aliphatic heterocycles. The van der Waals surface area contributed by atoms with Gasteiger partial charge in [-0.05, 0) is 31.5 Å². The Morgan fingerprint density at radius 1 is 1.25 bits per heavy atom. The maximum atomic E-state index is 13.5. The Hall–Kier alpha value is -2.84. The molecule has 4 rings (SSSR count). The number of rotatable bonds is 9. The molecule has 0 radical (unpaired) electrons. The molecule has 0 atom stereocenters. The molecular formula is C23H32N6O6S. The highest BCUT2D eigenvalue weighted by Crippen LogP contribution is 2.32. The molecule has 196 valence electrons. The van der Waals surface area contributed by atoms with Gasteiger partial charge in [0.25, 0.3) is 5.56 Å². The summed E-state index contributed by atoms with van der Waals surface area (Å²) in [5, 5.41) is 26.2. The fourth-order valence-corrected chi connectivity index (χ4v) is 5.97. The van der Waals surface area contributed by atoms with E-state index in [1.54, 1.807) is 13.1 Å². The summed E-state index contributed by atoms with van der Waals surface area (Å²) < 4.78 is 34.8. The van der Waals surface area contributed by atoms with Crippen LogP contribution in [0.2, 0.25) is 0 Å². The van der Waals surface area contributed by atoms with Gasteiger partial charge in [0.2, 0.25) is 10.0 Å². The van der Waals surface area contributed by atoms with Crippen molar-refractivity contribution in [2.75, 3.05) is 45.9 Å². The monoisotopic (exact) mass is 520 g/mol. The third kappa shape index (κ3) is 4.89. The van der Waals surface area contributed by atoms with Crippen molar-refractivity contribution in [3.05, 3.63) is 39.5 Å². The van der Waals surface area contributed by atoms with Crippen LogP contribution in [0.25, 0.3) is 22.4 Å². The first-order valence-corrected chi connectivity index (χ1v) is 13.5. The lowest BCUT2D eigenvalue weighted by Crippen LogP contribution is -2.58. The summed E-state index contributed by atoms with van der Waals surface area (Å²) in [5.74, 6) is 0.576. The van der Waals surface area contributed by atoms with Gasteiger partial charge in [-0.25, -0.2) is 13.4 Å². The van der Waals surface area contributed by atoms with Crippen LogP contribution in [0.1, 0.15) is 26.0 Å². The predicted molar refractivity (Wildman–Crippen MR) is 134 cm³/mol. The van der Waals surface area contributed by atoms with Crippen LogP contribution in [-0.4, -0.2) is 88.2 Å². The Morgan fingerprint density at radius 3 is 2.61 bits per heavy atom. The Balaban J connectivity index is 1.77. The standard InChI is InChI=1S/C23H32N6O6S/c1-4-6-18-20-21(27(3)26-18)23(31)25-22(24-20)17-15-16(7-8-19(17)35-5-2)36(33,34)28-9-11-29(32,12-10-28)13-14-30/h7-8,15,30H,4-6,9-14H2,1-3H3,(H,24,25,31). The zero-order valence-corrected chi connectivity index (χ0v) is 21.5. The molecule has 3 heterocycles. The van der Waals surface area contributed by atoms with Crippen LogP contribution in [0.5, 0.6) is 5.75 Å². The van der Waals surface area contributed by atoms with Gasteiger partial charge in [0.1, 0.15) is 23.6 Å². The van der Waals surface area contributed by atoms with Crippen molar-refractivity contribution < 1.29 is 22.9 Å². The van der Waals surface area contributed by atoms with E-state index in [0.717, 1.165) is 6.42 Å². The van der Waals surface area contributed by atoms with Gasteiger partial charge in [0, 0.05) is 7.05 Å². The number of piperazine rings is 1. The normalized spacial score (nSPS) is 16.5. The minimum atomic E-state index is -3.92. The van der Waals surface area contributed by atoms with Crippen molar-refractivity contribution in [1.82, 2.24) is 24.1 Å². The molecule has 36 heavy (non-hydrogen) atoms. The summed E-state index contributed by atoms with van der Waals surface area (Å²) in [6.07, 6.45) is 1.47. The number of benzene rings is 1. The number of ether oxygens (including phenoxy) is 1. The smallest absolute Gasteiger partial charge is 0.277 e. The summed E-state index contributed by atoms with van der Waals surface area (Å²) >= 11 is 0. The van der Waals surface area contributed by atoms with Crippen molar-refractivity contribution >= 4 is 21.1 Å². The highest BCUT2D eigenvalue weighted by atomic mass is 32.2. The Kier molecular flexibility index (Phi) is 7.48. The average molecular weight is 521 g/mol. The lowest BCUT2D eigenvalue weighted by Gasteiger charge is -2.47. The minimum absolute atomic E-state index is 0.0109. The molecule has 0 bridgehead atoms.